The third-order valence-corrected chi connectivity index (χ3v) is 8.55. The zero-order valence-corrected chi connectivity index (χ0v) is 24.3. The summed E-state index contributed by atoms with van der Waals surface area (Å²) >= 11 is 1.40. The van der Waals surface area contributed by atoms with E-state index >= 15 is 0 Å². The third kappa shape index (κ3) is 6.21. The van der Waals surface area contributed by atoms with Crippen molar-refractivity contribution < 1.29 is 22.6 Å². The lowest BCUT2D eigenvalue weighted by atomic mass is 9.82. The monoisotopic (exact) mass is 589 g/mol. The van der Waals surface area contributed by atoms with Crippen molar-refractivity contribution in [3.05, 3.63) is 46.3 Å². The average Bonchev–Trinajstić information content (AvgIpc) is 3.65. The lowest BCUT2D eigenvalue weighted by Gasteiger charge is -2.30. The Morgan fingerprint density at radius 1 is 1.24 bits per heavy atom. The van der Waals surface area contributed by atoms with Crippen molar-refractivity contribution in [2.45, 2.75) is 77.2 Å². The van der Waals surface area contributed by atoms with Crippen molar-refractivity contribution in [1.82, 2.24) is 29.9 Å². The Hall–Kier alpha value is -3.16. The normalized spacial score (nSPS) is 24.9. The van der Waals surface area contributed by atoms with Gasteiger partial charge >= 0.3 is 6.18 Å². The van der Waals surface area contributed by atoms with Gasteiger partial charge in [-0.15, -0.1) is 16.4 Å². The Labute approximate surface area is 240 Å². The lowest BCUT2D eigenvalue weighted by Crippen LogP contribution is -2.30. The molecule has 41 heavy (non-hydrogen) atoms. The van der Waals surface area contributed by atoms with Gasteiger partial charge in [0.05, 0.1) is 40.7 Å². The molecule has 3 aromatic heterocycles. The molecule has 0 radical (unpaired) electrons. The van der Waals surface area contributed by atoms with E-state index in [0.29, 0.717) is 40.3 Å². The van der Waals surface area contributed by atoms with Crippen LogP contribution >= 0.6 is 11.3 Å². The van der Waals surface area contributed by atoms with Crippen molar-refractivity contribution in [2.24, 2.45) is 11.8 Å². The number of rotatable bonds is 9. The predicted molar refractivity (Wildman–Crippen MR) is 150 cm³/mol. The Kier molecular flexibility index (Phi) is 8.05. The molecule has 0 amide bonds. The fourth-order valence-corrected chi connectivity index (χ4v) is 7.02. The van der Waals surface area contributed by atoms with Crippen LogP contribution in [0.25, 0.3) is 23.2 Å². The molecule has 1 N–H and O–H groups in total. The van der Waals surface area contributed by atoms with Crippen LogP contribution in [0, 0.1) is 18.8 Å². The van der Waals surface area contributed by atoms with E-state index in [4.69, 9.17) is 19.4 Å². The molecule has 0 bridgehead atoms. The van der Waals surface area contributed by atoms with Crippen molar-refractivity contribution in [2.75, 3.05) is 11.9 Å². The average molecular weight is 590 g/mol. The number of ether oxygens (including phenoxy) is 2. The number of nitrogens with zero attached hydrogens (tertiary/aromatic N) is 6. The van der Waals surface area contributed by atoms with Crippen LogP contribution in [-0.2, 0) is 16.0 Å². The minimum atomic E-state index is -4.42. The molecule has 1 aliphatic heterocycles. The highest BCUT2D eigenvalue weighted by molar-refractivity contribution is 7.12. The molecule has 13 heteroatoms. The summed E-state index contributed by atoms with van der Waals surface area (Å²) in [5.74, 6) is -0.949. The Morgan fingerprint density at radius 3 is 2.66 bits per heavy atom. The maximum Gasteiger partial charge on any atom is 0.405 e. The number of alkyl halides is 3. The van der Waals surface area contributed by atoms with Crippen LogP contribution in [0.1, 0.15) is 50.9 Å². The molecular weight excluding hydrogens is 555 g/mol. The predicted octanol–water partition coefficient (Wildman–Crippen LogP) is 4.20. The molecule has 4 heterocycles. The first-order valence-corrected chi connectivity index (χ1v) is 14.4. The highest BCUT2D eigenvalue weighted by Gasteiger charge is 2.56. The molecule has 220 valence electrons. The number of anilines is 1. The summed E-state index contributed by atoms with van der Waals surface area (Å²) in [6, 6.07) is 0. The van der Waals surface area contributed by atoms with Gasteiger partial charge in [-0.1, -0.05) is 31.4 Å². The lowest BCUT2D eigenvalue weighted by molar-refractivity contribution is -0.163. The highest BCUT2D eigenvalue weighted by atomic mass is 32.1. The van der Waals surface area contributed by atoms with E-state index in [9.17, 15) is 13.2 Å². The van der Waals surface area contributed by atoms with E-state index in [1.807, 2.05) is 20.0 Å². The van der Waals surface area contributed by atoms with Crippen molar-refractivity contribution in [1.29, 1.82) is 0 Å². The number of hydrogen-bond acceptors (Lipinski definition) is 9. The molecule has 1 saturated heterocycles. The maximum absolute atomic E-state index is 13.1. The van der Waals surface area contributed by atoms with Crippen LogP contribution in [0.2, 0.25) is 0 Å². The summed E-state index contributed by atoms with van der Waals surface area (Å²) in [5.41, 5.74) is 1.89. The van der Waals surface area contributed by atoms with E-state index in [0.717, 1.165) is 11.0 Å². The van der Waals surface area contributed by atoms with Gasteiger partial charge in [0, 0.05) is 29.1 Å². The number of nitrogens with one attached hydrogen (secondary N) is 1. The molecule has 1 aliphatic carbocycles. The zero-order chi connectivity index (χ0) is 29.5. The molecule has 2 aliphatic rings. The van der Waals surface area contributed by atoms with Gasteiger partial charge < -0.3 is 14.8 Å². The van der Waals surface area contributed by atoms with Gasteiger partial charge in [-0.3, -0.25) is 4.68 Å². The van der Waals surface area contributed by atoms with Crippen LogP contribution in [0.4, 0.5) is 19.1 Å². The number of hydrogen-bond donors (Lipinski definition) is 1. The topological polar surface area (TPSA) is 99.9 Å². The molecule has 5 rings (SSSR count). The summed E-state index contributed by atoms with van der Waals surface area (Å²) in [6.45, 7) is 14.9. The van der Waals surface area contributed by atoms with Gasteiger partial charge in [0.2, 0.25) is 5.95 Å². The standard InChI is InChI=1S/C28H34F3N7O2S/c1-7-9-20-16(4)41-25(35-20)21-15(3)34-26(32-14-28(29,30)31)36-22(21)18(8-2)19-12-17(13-38-11-10-33-37-38)23-24(19)40-27(5,6)39-23/h7,9-11,17-19,23-24H,1,4,8,12-14H2,2-3,5-6H3,(H,32,34,36). The minimum Gasteiger partial charge on any atom is -0.345 e. The Morgan fingerprint density at radius 2 is 2.00 bits per heavy atom. The molecular formula is C28H34F3N7O2S. The second-order valence-electron chi connectivity index (χ2n) is 11.0. The molecule has 5 unspecified atom stereocenters. The van der Waals surface area contributed by atoms with Gasteiger partial charge in [0.25, 0.3) is 0 Å². The number of aryl methyl sites for hydroxylation is 1. The van der Waals surface area contributed by atoms with E-state index < -0.39 is 18.5 Å². The number of allylic oxidation sites excluding steroid dienone is 1. The molecule has 5 atom stereocenters. The van der Waals surface area contributed by atoms with E-state index in [-0.39, 0.29) is 35.9 Å². The van der Waals surface area contributed by atoms with Crippen molar-refractivity contribution in [3.63, 3.8) is 0 Å². The molecule has 0 spiro atoms. The second-order valence-corrected chi connectivity index (χ2v) is 12.0. The minimum absolute atomic E-state index is 0.0257. The fourth-order valence-electron chi connectivity index (χ4n) is 6.07. The van der Waals surface area contributed by atoms with Crippen LogP contribution in [0.15, 0.2) is 25.0 Å². The van der Waals surface area contributed by atoms with Gasteiger partial charge in [-0.25, -0.2) is 15.0 Å². The molecule has 2 fully saturated rings. The number of thiazole rings is 1. The van der Waals surface area contributed by atoms with Crippen LogP contribution in [-0.4, -0.2) is 60.7 Å². The van der Waals surface area contributed by atoms with Gasteiger partial charge in [0.1, 0.15) is 11.6 Å². The smallest absolute Gasteiger partial charge is 0.345 e. The largest absolute Gasteiger partial charge is 0.405 e. The van der Waals surface area contributed by atoms with E-state index in [2.05, 4.69) is 40.7 Å². The quantitative estimate of drug-likeness (QED) is 0.397. The van der Waals surface area contributed by atoms with Crippen LogP contribution < -0.4 is 15.2 Å². The molecule has 0 aromatic carbocycles. The summed E-state index contributed by atoms with van der Waals surface area (Å²) in [7, 11) is 0. The third-order valence-electron chi connectivity index (χ3n) is 7.61. The SMILES string of the molecule is C=CC=c1nc(-c2c(C)nc(NCC(F)(F)F)nc2C(CC)C2CC(Cn3ccnn3)C3OC(C)(C)OC23)sc1=C. The summed E-state index contributed by atoms with van der Waals surface area (Å²) in [5, 5.41) is 11.8. The van der Waals surface area contributed by atoms with E-state index in [1.165, 1.54) is 11.3 Å². The van der Waals surface area contributed by atoms with Crippen LogP contribution in [0.3, 0.4) is 0 Å². The number of halogens is 3. The first kappa shape index (κ1) is 29.3. The van der Waals surface area contributed by atoms with Gasteiger partial charge in [0.15, 0.2) is 5.79 Å². The first-order valence-electron chi connectivity index (χ1n) is 13.6. The molecule has 9 nitrogen and oxygen atoms in total. The maximum atomic E-state index is 13.1. The van der Waals surface area contributed by atoms with E-state index in [1.54, 1.807) is 30.0 Å². The zero-order valence-electron chi connectivity index (χ0n) is 23.5. The first-order chi connectivity index (χ1) is 19.4. The molecule has 3 aromatic rings. The fraction of sp³-hybridized carbons (Fsp3) is 0.536. The number of fused-ring (bicyclic) bond motifs is 1. The molecule has 1 saturated carbocycles. The summed E-state index contributed by atoms with van der Waals surface area (Å²) in [6.07, 6.45) is 3.48. The van der Waals surface area contributed by atoms with Gasteiger partial charge in [-0.2, -0.15) is 13.2 Å². The number of aromatic nitrogens is 6. The van der Waals surface area contributed by atoms with Gasteiger partial charge in [-0.05, 0) is 45.6 Å². The Bertz CT molecular complexity index is 1510. The summed E-state index contributed by atoms with van der Waals surface area (Å²) < 4.78 is 54.7. The Balaban J connectivity index is 1.60. The van der Waals surface area contributed by atoms with Crippen molar-refractivity contribution >= 4 is 29.9 Å². The summed E-state index contributed by atoms with van der Waals surface area (Å²) in [4.78, 5) is 13.9. The second kappa shape index (κ2) is 11.3. The van der Waals surface area contributed by atoms with Crippen LogP contribution in [0.5, 0.6) is 0 Å². The van der Waals surface area contributed by atoms with Crippen molar-refractivity contribution in [3.8, 4) is 10.6 Å². The highest BCUT2D eigenvalue weighted by Crippen LogP contribution is 2.52.